The van der Waals surface area contributed by atoms with Crippen molar-refractivity contribution in [3.05, 3.63) is 11.6 Å². The lowest BCUT2D eigenvalue weighted by Gasteiger charge is -2.11. The summed E-state index contributed by atoms with van der Waals surface area (Å²) < 4.78 is 4.65. The average molecular weight is 212 g/mol. The largest absolute Gasteiger partial charge is 0.466 e. The van der Waals surface area contributed by atoms with E-state index in [4.69, 9.17) is 0 Å². The van der Waals surface area contributed by atoms with Gasteiger partial charge in [0.25, 0.3) is 0 Å². The van der Waals surface area contributed by atoms with Crippen LogP contribution in [0.25, 0.3) is 0 Å². The van der Waals surface area contributed by atoms with E-state index < -0.39 is 0 Å². The minimum absolute atomic E-state index is 0.208. The van der Waals surface area contributed by atoms with Crippen molar-refractivity contribution < 1.29 is 9.53 Å². The van der Waals surface area contributed by atoms with Gasteiger partial charge in [0.15, 0.2) is 0 Å². The highest BCUT2D eigenvalue weighted by atomic mass is 16.5. The lowest BCUT2D eigenvalue weighted by molar-refractivity contribution is -0.136. The van der Waals surface area contributed by atoms with Crippen molar-refractivity contribution in [3.63, 3.8) is 0 Å². The standard InChI is InChI=1S/C13H24O2/c1-5-7-8-12(6-2)10-9-11(3)13(14)15-4/h9,12H,5-8,10H2,1-4H3. The maximum atomic E-state index is 11.1. The van der Waals surface area contributed by atoms with E-state index in [0.29, 0.717) is 5.92 Å². The van der Waals surface area contributed by atoms with Crippen LogP contribution in [0.4, 0.5) is 0 Å². The SMILES string of the molecule is CCCCC(CC)CC=C(C)C(=O)OC. The van der Waals surface area contributed by atoms with Crippen LogP contribution in [0.5, 0.6) is 0 Å². The number of rotatable bonds is 7. The summed E-state index contributed by atoms with van der Waals surface area (Å²) in [7, 11) is 1.42. The van der Waals surface area contributed by atoms with Crippen molar-refractivity contribution in [2.24, 2.45) is 5.92 Å². The molecule has 2 heteroatoms. The fraction of sp³-hybridized carbons (Fsp3) is 0.769. The Bertz CT molecular complexity index is 207. The molecule has 0 saturated carbocycles. The number of esters is 1. The molecular weight excluding hydrogens is 188 g/mol. The second kappa shape index (κ2) is 8.51. The maximum Gasteiger partial charge on any atom is 0.333 e. The van der Waals surface area contributed by atoms with Gasteiger partial charge < -0.3 is 4.74 Å². The van der Waals surface area contributed by atoms with E-state index in [1.807, 2.05) is 13.0 Å². The first-order chi connectivity index (χ1) is 7.15. The van der Waals surface area contributed by atoms with Crippen molar-refractivity contribution in [1.82, 2.24) is 0 Å². The van der Waals surface area contributed by atoms with Crippen LogP contribution >= 0.6 is 0 Å². The normalized spacial score (nSPS) is 13.7. The topological polar surface area (TPSA) is 26.3 Å². The maximum absolute atomic E-state index is 11.1. The summed E-state index contributed by atoms with van der Waals surface area (Å²) in [5.41, 5.74) is 0.729. The van der Waals surface area contributed by atoms with Gasteiger partial charge in [-0.2, -0.15) is 0 Å². The number of carbonyl (C=O) groups is 1. The van der Waals surface area contributed by atoms with E-state index in [2.05, 4.69) is 18.6 Å². The molecule has 1 unspecified atom stereocenters. The smallest absolute Gasteiger partial charge is 0.333 e. The Morgan fingerprint density at radius 1 is 1.40 bits per heavy atom. The van der Waals surface area contributed by atoms with Gasteiger partial charge in [0, 0.05) is 5.57 Å². The molecule has 0 spiro atoms. The molecule has 0 aliphatic heterocycles. The summed E-state index contributed by atoms with van der Waals surface area (Å²) in [4.78, 5) is 11.1. The van der Waals surface area contributed by atoms with Crippen LogP contribution in [0.3, 0.4) is 0 Å². The highest BCUT2D eigenvalue weighted by Crippen LogP contribution is 2.18. The van der Waals surface area contributed by atoms with Crippen molar-refractivity contribution in [2.75, 3.05) is 7.11 Å². The van der Waals surface area contributed by atoms with E-state index in [0.717, 1.165) is 12.0 Å². The van der Waals surface area contributed by atoms with Gasteiger partial charge in [0.2, 0.25) is 0 Å². The molecule has 0 aliphatic rings. The number of allylic oxidation sites excluding steroid dienone is 1. The summed E-state index contributed by atoms with van der Waals surface area (Å²) in [5.74, 6) is 0.505. The molecule has 15 heavy (non-hydrogen) atoms. The van der Waals surface area contributed by atoms with E-state index in [9.17, 15) is 4.79 Å². The molecule has 0 radical (unpaired) electrons. The molecule has 1 atom stereocenters. The van der Waals surface area contributed by atoms with Gasteiger partial charge in [-0.1, -0.05) is 45.6 Å². The molecule has 0 fully saturated rings. The van der Waals surface area contributed by atoms with Gasteiger partial charge in [-0.25, -0.2) is 4.79 Å². The summed E-state index contributed by atoms with van der Waals surface area (Å²) in [6.07, 6.45) is 7.98. The van der Waals surface area contributed by atoms with Crippen molar-refractivity contribution in [3.8, 4) is 0 Å². The molecule has 0 amide bonds. The fourth-order valence-electron chi connectivity index (χ4n) is 1.57. The third kappa shape index (κ3) is 6.32. The summed E-state index contributed by atoms with van der Waals surface area (Å²) in [6, 6.07) is 0. The molecule has 0 aromatic heterocycles. The predicted molar refractivity (Wildman–Crippen MR) is 63.7 cm³/mol. The Kier molecular flexibility index (Phi) is 8.06. The van der Waals surface area contributed by atoms with E-state index >= 15 is 0 Å². The van der Waals surface area contributed by atoms with E-state index in [1.165, 1.54) is 32.8 Å². The Balaban J connectivity index is 4.02. The van der Waals surface area contributed by atoms with Crippen LogP contribution in [0.1, 0.15) is 52.9 Å². The number of hydrogen-bond acceptors (Lipinski definition) is 2. The summed E-state index contributed by atoms with van der Waals surface area (Å²) >= 11 is 0. The monoisotopic (exact) mass is 212 g/mol. The van der Waals surface area contributed by atoms with Crippen molar-refractivity contribution in [2.45, 2.75) is 52.9 Å². The Morgan fingerprint density at radius 2 is 2.07 bits per heavy atom. The number of methoxy groups -OCH3 is 1. The van der Waals surface area contributed by atoms with Crippen LogP contribution in [0.15, 0.2) is 11.6 Å². The number of unbranched alkanes of at least 4 members (excludes halogenated alkanes) is 1. The molecule has 0 aliphatic carbocycles. The van der Waals surface area contributed by atoms with Crippen LogP contribution in [-0.4, -0.2) is 13.1 Å². The van der Waals surface area contributed by atoms with Gasteiger partial charge in [0.05, 0.1) is 7.11 Å². The quantitative estimate of drug-likeness (QED) is 0.475. The van der Waals surface area contributed by atoms with Crippen LogP contribution in [0.2, 0.25) is 0 Å². The molecular formula is C13H24O2. The zero-order chi connectivity index (χ0) is 11.7. The molecule has 0 saturated heterocycles. The van der Waals surface area contributed by atoms with Gasteiger partial charge in [0.1, 0.15) is 0 Å². The van der Waals surface area contributed by atoms with Crippen molar-refractivity contribution >= 4 is 5.97 Å². The first-order valence-electron chi connectivity index (χ1n) is 5.90. The lowest BCUT2D eigenvalue weighted by atomic mass is 9.95. The molecule has 0 bridgehead atoms. The minimum Gasteiger partial charge on any atom is -0.466 e. The number of carbonyl (C=O) groups excluding carboxylic acids is 1. The molecule has 0 rings (SSSR count). The zero-order valence-electron chi connectivity index (χ0n) is 10.5. The van der Waals surface area contributed by atoms with Crippen LogP contribution in [0, 0.1) is 5.92 Å². The lowest BCUT2D eigenvalue weighted by Crippen LogP contribution is -2.03. The fourth-order valence-corrected chi connectivity index (χ4v) is 1.57. The highest BCUT2D eigenvalue weighted by Gasteiger charge is 2.06. The van der Waals surface area contributed by atoms with Crippen LogP contribution < -0.4 is 0 Å². The molecule has 0 heterocycles. The van der Waals surface area contributed by atoms with Gasteiger partial charge in [-0.3, -0.25) is 0 Å². The highest BCUT2D eigenvalue weighted by molar-refractivity contribution is 5.87. The first-order valence-corrected chi connectivity index (χ1v) is 5.90. The molecule has 0 aromatic rings. The van der Waals surface area contributed by atoms with Crippen molar-refractivity contribution in [1.29, 1.82) is 0 Å². The molecule has 88 valence electrons. The van der Waals surface area contributed by atoms with E-state index in [1.54, 1.807) is 0 Å². The summed E-state index contributed by atoms with van der Waals surface area (Å²) in [5, 5.41) is 0. The zero-order valence-corrected chi connectivity index (χ0v) is 10.5. The van der Waals surface area contributed by atoms with Gasteiger partial charge >= 0.3 is 5.97 Å². The van der Waals surface area contributed by atoms with Crippen LogP contribution in [-0.2, 0) is 9.53 Å². The Hall–Kier alpha value is -0.790. The van der Waals surface area contributed by atoms with Gasteiger partial charge in [-0.15, -0.1) is 0 Å². The second-order valence-corrected chi connectivity index (χ2v) is 4.03. The molecule has 0 N–H and O–H groups in total. The Labute approximate surface area is 93.7 Å². The summed E-state index contributed by atoms with van der Waals surface area (Å²) in [6.45, 7) is 6.24. The van der Waals surface area contributed by atoms with Gasteiger partial charge in [-0.05, 0) is 19.3 Å². The molecule has 0 aromatic carbocycles. The molecule has 2 nitrogen and oxygen atoms in total. The minimum atomic E-state index is -0.208. The average Bonchev–Trinajstić information content (AvgIpc) is 2.27. The van der Waals surface area contributed by atoms with E-state index in [-0.39, 0.29) is 5.97 Å². The number of ether oxygens (including phenoxy) is 1. The number of hydrogen-bond donors (Lipinski definition) is 0. The second-order valence-electron chi connectivity index (χ2n) is 4.03. The third-order valence-corrected chi connectivity index (χ3v) is 2.81. The third-order valence-electron chi connectivity index (χ3n) is 2.81. The Morgan fingerprint density at radius 3 is 2.53 bits per heavy atom. The first kappa shape index (κ1) is 14.2. The predicted octanol–water partition coefficient (Wildman–Crippen LogP) is 3.71.